The molecule has 4 rings (SSSR count). The summed E-state index contributed by atoms with van der Waals surface area (Å²) in [7, 11) is 0. The highest BCUT2D eigenvalue weighted by molar-refractivity contribution is 7.14. The number of amides is 1. The Morgan fingerprint density at radius 2 is 2.00 bits per heavy atom. The summed E-state index contributed by atoms with van der Waals surface area (Å²) in [6.07, 6.45) is 0.501. The van der Waals surface area contributed by atoms with Gasteiger partial charge in [0.15, 0.2) is 5.13 Å². The van der Waals surface area contributed by atoms with E-state index in [4.69, 9.17) is 4.74 Å². The molecule has 1 aliphatic rings. The van der Waals surface area contributed by atoms with Gasteiger partial charge in [0.1, 0.15) is 0 Å². The van der Waals surface area contributed by atoms with Gasteiger partial charge in [-0.2, -0.15) is 0 Å². The number of anilines is 2. The van der Waals surface area contributed by atoms with Crippen molar-refractivity contribution in [1.29, 1.82) is 0 Å². The highest BCUT2D eigenvalue weighted by atomic mass is 32.1. The second-order valence-corrected chi connectivity index (χ2v) is 8.31. The zero-order valence-corrected chi connectivity index (χ0v) is 18.4. The predicted molar refractivity (Wildman–Crippen MR) is 122 cm³/mol. The molecule has 0 radical (unpaired) electrons. The van der Waals surface area contributed by atoms with Crippen LogP contribution in [-0.2, 0) is 16.0 Å². The first-order valence-electron chi connectivity index (χ1n) is 10.2. The standard InChI is InChI=1S/C22H25N5O3S/c1-14-5-3-4-6-16(14)18-13-31-22(24-18)25-19(28)8-7-17-15(2)23-21(26-20(17)29)27-9-11-30-12-10-27/h3-6,13H,7-12H2,1-2H3,(H,23,26,29)(H,24,25,28). The van der Waals surface area contributed by atoms with Gasteiger partial charge in [0.2, 0.25) is 11.9 Å². The molecule has 0 spiro atoms. The second kappa shape index (κ2) is 9.40. The molecule has 31 heavy (non-hydrogen) atoms. The minimum absolute atomic E-state index is 0.179. The van der Waals surface area contributed by atoms with E-state index >= 15 is 0 Å². The molecule has 8 nitrogen and oxygen atoms in total. The third kappa shape index (κ3) is 5.00. The zero-order chi connectivity index (χ0) is 21.8. The molecule has 0 atom stereocenters. The zero-order valence-electron chi connectivity index (χ0n) is 17.6. The number of benzene rings is 1. The Kier molecular flexibility index (Phi) is 6.43. The number of nitrogens with zero attached hydrogens (tertiary/aromatic N) is 3. The average molecular weight is 440 g/mol. The lowest BCUT2D eigenvalue weighted by molar-refractivity contribution is -0.116. The van der Waals surface area contributed by atoms with Gasteiger partial charge in [-0.15, -0.1) is 11.3 Å². The molecule has 1 aliphatic heterocycles. The van der Waals surface area contributed by atoms with Gasteiger partial charge in [-0.3, -0.25) is 14.6 Å². The second-order valence-electron chi connectivity index (χ2n) is 7.45. The molecule has 9 heteroatoms. The van der Waals surface area contributed by atoms with E-state index < -0.39 is 0 Å². The number of rotatable bonds is 6. The predicted octanol–water partition coefficient (Wildman–Crippen LogP) is 2.92. The Hall–Kier alpha value is -3.04. The number of hydrogen-bond acceptors (Lipinski definition) is 7. The van der Waals surface area contributed by atoms with Crippen LogP contribution in [0.3, 0.4) is 0 Å². The summed E-state index contributed by atoms with van der Waals surface area (Å²) < 4.78 is 5.34. The van der Waals surface area contributed by atoms with Gasteiger partial charge in [-0.25, -0.2) is 9.97 Å². The van der Waals surface area contributed by atoms with Crippen molar-refractivity contribution in [2.45, 2.75) is 26.7 Å². The largest absolute Gasteiger partial charge is 0.378 e. The van der Waals surface area contributed by atoms with Crippen molar-refractivity contribution in [3.8, 4) is 11.3 Å². The van der Waals surface area contributed by atoms with Crippen LogP contribution in [0.2, 0.25) is 0 Å². The van der Waals surface area contributed by atoms with Crippen molar-refractivity contribution in [3.63, 3.8) is 0 Å². The molecule has 1 aromatic carbocycles. The molecular weight excluding hydrogens is 414 g/mol. The lowest BCUT2D eigenvalue weighted by Crippen LogP contribution is -2.38. The molecule has 0 aliphatic carbocycles. The highest BCUT2D eigenvalue weighted by Crippen LogP contribution is 2.27. The van der Waals surface area contributed by atoms with Crippen molar-refractivity contribution in [2.75, 3.05) is 36.5 Å². The van der Waals surface area contributed by atoms with Crippen LogP contribution in [0.1, 0.15) is 23.2 Å². The number of aromatic amines is 1. The normalized spacial score (nSPS) is 13.9. The van der Waals surface area contributed by atoms with Crippen LogP contribution < -0.4 is 15.8 Å². The quantitative estimate of drug-likeness (QED) is 0.613. The number of hydrogen-bond donors (Lipinski definition) is 2. The summed E-state index contributed by atoms with van der Waals surface area (Å²) in [5.41, 5.74) is 4.01. The minimum atomic E-state index is -0.196. The first kappa shape index (κ1) is 21.2. The van der Waals surface area contributed by atoms with E-state index in [1.807, 2.05) is 48.4 Å². The molecule has 1 fully saturated rings. The van der Waals surface area contributed by atoms with Crippen LogP contribution in [0.5, 0.6) is 0 Å². The monoisotopic (exact) mass is 439 g/mol. The van der Waals surface area contributed by atoms with Crippen molar-refractivity contribution in [2.24, 2.45) is 0 Å². The molecule has 0 saturated carbocycles. The van der Waals surface area contributed by atoms with Crippen LogP contribution >= 0.6 is 11.3 Å². The minimum Gasteiger partial charge on any atom is -0.378 e. The molecule has 0 bridgehead atoms. The molecule has 162 valence electrons. The van der Waals surface area contributed by atoms with Gasteiger partial charge in [-0.1, -0.05) is 24.3 Å². The summed E-state index contributed by atoms with van der Waals surface area (Å²) >= 11 is 1.39. The van der Waals surface area contributed by atoms with Crippen LogP contribution in [0.25, 0.3) is 11.3 Å². The van der Waals surface area contributed by atoms with Gasteiger partial charge in [0.25, 0.3) is 5.56 Å². The SMILES string of the molecule is Cc1ccccc1-c1csc(NC(=O)CCc2c(C)nc(N3CCOCC3)[nH]c2=O)n1. The number of aryl methyl sites for hydroxylation is 2. The summed E-state index contributed by atoms with van der Waals surface area (Å²) in [6.45, 7) is 6.47. The van der Waals surface area contributed by atoms with Crippen molar-refractivity contribution >= 4 is 28.3 Å². The van der Waals surface area contributed by atoms with Crippen LogP contribution in [0.15, 0.2) is 34.4 Å². The smallest absolute Gasteiger partial charge is 0.255 e. The Morgan fingerprint density at radius 1 is 1.23 bits per heavy atom. The lowest BCUT2D eigenvalue weighted by atomic mass is 10.1. The summed E-state index contributed by atoms with van der Waals surface area (Å²) in [4.78, 5) is 38.9. The molecule has 1 saturated heterocycles. The number of thiazole rings is 1. The molecule has 0 unspecified atom stereocenters. The molecule has 1 amide bonds. The Labute approximate surface area is 184 Å². The van der Waals surface area contributed by atoms with Crippen molar-refractivity contribution in [3.05, 3.63) is 56.8 Å². The first-order chi connectivity index (χ1) is 15.0. The maximum absolute atomic E-state index is 12.6. The molecule has 2 aromatic heterocycles. The first-order valence-corrected chi connectivity index (χ1v) is 11.1. The molecule has 2 N–H and O–H groups in total. The van der Waals surface area contributed by atoms with Gasteiger partial charge in [0.05, 0.1) is 18.9 Å². The van der Waals surface area contributed by atoms with Crippen LogP contribution in [0.4, 0.5) is 11.1 Å². The Morgan fingerprint density at radius 3 is 2.74 bits per heavy atom. The van der Waals surface area contributed by atoms with Gasteiger partial charge in [0, 0.05) is 41.7 Å². The number of aromatic nitrogens is 3. The van der Waals surface area contributed by atoms with Gasteiger partial charge < -0.3 is 15.0 Å². The fourth-order valence-electron chi connectivity index (χ4n) is 3.55. The van der Waals surface area contributed by atoms with E-state index in [1.54, 1.807) is 0 Å². The van der Waals surface area contributed by atoms with E-state index in [2.05, 4.69) is 20.3 Å². The maximum Gasteiger partial charge on any atom is 0.255 e. The Bertz CT molecular complexity index is 1130. The maximum atomic E-state index is 12.6. The van der Waals surface area contributed by atoms with Crippen molar-refractivity contribution in [1.82, 2.24) is 15.0 Å². The Balaban J connectivity index is 1.38. The summed E-state index contributed by atoms with van der Waals surface area (Å²) in [5.74, 6) is 0.382. The summed E-state index contributed by atoms with van der Waals surface area (Å²) in [5, 5.41) is 5.32. The van der Waals surface area contributed by atoms with Gasteiger partial charge in [-0.05, 0) is 25.8 Å². The van der Waals surface area contributed by atoms with E-state index in [0.29, 0.717) is 55.1 Å². The third-order valence-electron chi connectivity index (χ3n) is 5.29. The molecule has 3 heterocycles. The molecular formula is C22H25N5O3S. The van der Waals surface area contributed by atoms with Gasteiger partial charge >= 0.3 is 0 Å². The van der Waals surface area contributed by atoms with E-state index in [-0.39, 0.29) is 17.9 Å². The third-order valence-corrected chi connectivity index (χ3v) is 6.05. The molecule has 3 aromatic rings. The topological polar surface area (TPSA) is 100 Å². The number of ether oxygens (including phenoxy) is 1. The fourth-order valence-corrected chi connectivity index (χ4v) is 4.28. The number of H-pyrrole nitrogens is 1. The lowest BCUT2D eigenvalue weighted by Gasteiger charge is -2.27. The highest BCUT2D eigenvalue weighted by Gasteiger charge is 2.17. The van der Waals surface area contributed by atoms with Crippen LogP contribution in [-0.4, -0.2) is 47.2 Å². The number of carbonyl (C=O) groups is 1. The van der Waals surface area contributed by atoms with Crippen molar-refractivity contribution < 1.29 is 9.53 Å². The number of carbonyl (C=O) groups excluding carboxylic acids is 1. The summed E-state index contributed by atoms with van der Waals surface area (Å²) in [6, 6.07) is 8.00. The fraction of sp³-hybridized carbons (Fsp3) is 0.364. The average Bonchev–Trinajstić information content (AvgIpc) is 3.22. The van der Waals surface area contributed by atoms with Crippen LogP contribution in [0, 0.1) is 13.8 Å². The number of morpholine rings is 1. The number of nitrogens with one attached hydrogen (secondary N) is 2. The van der Waals surface area contributed by atoms with E-state index in [0.717, 1.165) is 16.8 Å². The van der Waals surface area contributed by atoms with E-state index in [9.17, 15) is 9.59 Å². The van der Waals surface area contributed by atoms with E-state index in [1.165, 1.54) is 11.3 Å².